The quantitative estimate of drug-likeness (QED) is 0.726. The summed E-state index contributed by atoms with van der Waals surface area (Å²) in [6, 6.07) is 17.5. The lowest BCUT2D eigenvalue weighted by Crippen LogP contribution is -2.23. The molecule has 24 heavy (non-hydrogen) atoms. The molecule has 0 saturated heterocycles. The number of para-hydroxylation sites is 2. The van der Waals surface area contributed by atoms with E-state index in [0.29, 0.717) is 18.3 Å². The van der Waals surface area contributed by atoms with E-state index < -0.39 is 6.10 Å². The molecule has 0 aromatic heterocycles. The molecule has 0 radical (unpaired) electrons. The highest BCUT2D eigenvalue weighted by molar-refractivity contribution is 5.39. The van der Waals surface area contributed by atoms with Crippen molar-refractivity contribution in [3.8, 4) is 11.5 Å². The standard InChI is InChI=1S/C20H24O4/c21-18(14-22-12-16-6-2-1-3-7-16)15-24-20-9-5-4-8-19(20)23-13-17-10-11-17/h1-9,17-18,21H,10-15H2/t18-/m0/s1. The van der Waals surface area contributed by atoms with E-state index >= 15 is 0 Å². The van der Waals surface area contributed by atoms with Gasteiger partial charge in [0.15, 0.2) is 11.5 Å². The molecule has 1 aliphatic carbocycles. The second-order valence-electron chi connectivity index (χ2n) is 6.17. The van der Waals surface area contributed by atoms with Crippen molar-refractivity contribution < 1.29 is 19.3 Å². The second-order valence-corrected chi connectivity index (χ2v) is 6.17. The lowest BCUT2D eigenvalue weighted by Gasteiger charge is -2.15. The predicted octanol–water partition coefficient (Wildman–Crippen LogP) is 3.43. The van der Waals surface area contributed by atoms with Crippen molar-refractivity contribution in [2.75, 3.05) is 19.8 Å². The lowest BCUT2D eigenvalue weighted by molar-refractivity contribution is 0.00496. The SMILES string of the molecule is O[C@@H](COCc1ccccc1)COc1ccccc1OCC1CC1. The van der Waals surface area contributed by atoms with Crippen LogP contribution in [0, 0.1) is 5.92 Å². The topological polar surface area (TPSA) is 47.9 Å². The van der Waals surface area contributed by atoms with Crippen LogP contribution in [0.4, 0.5) is 0 Å². The Morgan fingerprint density at radius 2 is 1.54 bits per heavy atom. The van der Waals surface area contributed by atoms with Crippen LogP contribution in [0.2, 0.25) is 0 Å². The highest BCUT2D eigenvalue weighted by atomic mass is 16.5. The summed E-state index contributed by atoms with van der Waals surface area (Å²) in [7, 11) is 0. The van der Waals surface area contributed by atoms with Gasteiger partial charge >= 0.3 is 0 Å². The summed E-state index contributed by atoms with van der Waals surface area (Å²) >= 11 is 0. The molecule has 3 rings (SSSR count). The van der Waals surface area contributed by atoms with Crippen LogP contribution in [0.1, 0.15) is 18.4 Å². The van der Waals surface area contributed by atoms with Gasteiger partial charge in [-0.15, -0.1) is 0 Å². The van der Waals surface area contributed by atoms with Crippen molar-refractivity contribution in [1.82, 2.24) is 0 Å². The zero-order chi connectivity index (χ0) is 16.6. The van der Waals surface area contributed by atoms with Crippen LogP contribution in [0.25, 0.3) is 0 Å². The van der Waals surface area contributed by atoms with E-state index in [1.54, 1.807) is 0 Å². The van der Waals surface area contributed by atoms with Crippen LogP contribution in [0.15, 0.2) is 54.6 Å². The lowest BCUT2D eigenvalue weighted by atomic mass is 10.2. The first kappa shape index (κ1) is 16.8. The number of aliphatic hydroxyl groups is 1. The van der Waals surface area contributed by atoms with Gasteiger partial charge in [0, 0.05) is 0 Å². The number of benzene rings is 2. The minimum Gasteiger partial charge on any atom is -0.489 e. The molecule has 1 saturated carbocycles. The zero-order valence-corrected chi connectivity index (χ0v) is 13.8. The average molecular weight is 328 g/mol. The molecular formula is C20H24O4. The fourth-order valence-corrected chi connectivity index (χ4v) is 2.30. The minimum absolute atomic E-state index is 0.179. The number of hydrogen-bond donors (Lipinski definition) is 1. The fraction of sp³-hybridized carbons (Fsp3) is 0.400. The zero-order valence-electron chi connectivity index (χ0n) is 13.8. The smallest absolute Gasteiger partial charge is 0.161 e. The molecule has 1 fully saturated rings. The van der Waals surface area contributed by atoms with Crippen molar-refractivity contribution in [3.63, 3.8) is 0 Å². The van der Waals surface area contributed by atoms with E-state index in [0.717, 1.165) is 17.9 Å². The van der Waals surface area contributed by atoms with E-state index in [1.165, 1.54) is 12.8 Å². The molecule has 128 valence electrons. The molecule has 0 bridgehead atoms. The normalized spacial score (nSPS) is 15.0. The van der Waals surface area contributed by atoms with Crippen LogP contribution in [0.5, 0.6) is 11.5 Å². The average Bonchev–Trinajstić information content (AvgIpc) is 3.44. The molecule has 0 unspecified atom stereocenters. The number of rotatable bonds is 10. The maximum Gasteiger partial charge on any atom is 0.161 e. The van der Waals surface area contributed by atoms with Gasteiger partial charge in [-0.1, -0.05) is 42.5 Å². The molecule has 1 N–H and O–H groups in total. The maximum absolute atomic E-state index is 10.0. The molecule has 1 aliphatic rings. The van der Waals surface area contributed by atoms with Gasteiger partial charge in [-0.2, -0.15) is 0 Å². The van der Waals surface area contributed by atoms with Gasteiger partial charge in [-0.25, -0.2) is 0 Å². The van der Waals surface area contributed by atoms with Crippen LogP contribution >= 0.6 is 0 Å². The Balaban J connectivity index is 1.39. The van der Waals surface area contributed by atoms with Gasteiger partial charge in [0.05, 0.1) is 19.8 Å². The third-order valence-corrected chi connectivity index (χ3v) is 3.87. The Hall–Kier alpha value is -2.04. The summed E-state index contributed by atoms with van der Waals surface area (Å²) < 4.78 is 17.0. The van der Waals surface area contributed by atoms with Crippen molar-refractivity contribution in [1.29, 1.82) is 0 Å². The van der Waals surface area contributed by atoms with Crippen molar-refractivity contribution in [2.45, 2.75) is 25.6 Å². The van der Waals surface area contributed by atoms with Gasteiger partial charge in [0.25, 0.3) is 0 Å². The summed E-state index contributed by atoms with van der Waals surface area (Å²) in [5.74, 6) is 2.09. The molecular weight excluding hydrogens is 304 g/mol. The van der Waals surface area contributed by atoms with E-state index in [4.69, 9.17) is 14.2 Å². The van der Waals surface area contributed by atoms with Gasteiger partial charge in [0.1, 0.15) is 12.7 Å². The molecule has 0 heterocycles. The Bertz CT molecular complexity index is 610. The van der Waals surface area contributed by atoms with Crippen LogP contribution in [0.3, 0.4) is 0 Å². The highest BCUT2D eigenvalue weighted by Gasteiger charge is 2.22. The van der Waals surface area contributed by atoms with E-state index in [-0.39, 0.29) is 13.2 Å². The Labute approximate surface area is 143 Å². The first-order valence-electron chi connectivity index (χ1n) is 8.45. The van der Waals surface area contributed by atoms with Gasteiger partial charge in [-0.3, -0.25) is 0 Å². The van der Waals surface area contributed by atoms with Crippen molar-refractivity contribution in [2.24, 2.45) is 5.92 Å². The predicted molar refractivity (Wildman–Crippen MR) is 92.3 cm³/mol. The molecule has 0 aliphatic heterocycles. The summed E-state index contributed by atoms with van der Waals surface area (Å²) in [5.41, 5.74) is 1.09. The Kier molecular flexibility index (Phi) is 6.10. The van der Waals surface area contributed by atoms with Gasteiger partial charge in [0.2, 0.25) is 0 Å². The molecule has 1 atom stereocenters. The largest absolute Gasteiger partial charge is 0.489 e. The van der Waals surface area contributed by atoms with Crippen LogP contribution in [-0.4, -0.2) is 31.0 Å². The summed E-state index contributed by atoms with van der Waals surface area (Å²) in [4.78, 5) is 0. The first-order chi connectivity index (χ1) is 11.8. The summed E-state index contributed by atoms with van der Waals surface area (Å²) in [6.07, 6.45) is 1.83. The molecule has 4 nitrogen and oxygen atoms in total. The highest BCUT2D eigenvalue weighted by Crippen LogP contribution is 2.32. The number of aliphatic hydroxyl groups excluding tert-OH is 1. The monoisotopic (exact) mass is 328 g/mol. The van der Waals surface area contributed by atoms with E-state index in [9.17, 15) is 5.11 Å². The molecule has 2 aromatic rings. The first-order valence-corrected chi connectivity index (χ1v) is 8.45. The van der Waals surface area contributed by atoms with E-state index in [2.05, 4.69) is 0 Å². The van der Waals surface area contributed by atoms with Gasteiger partial charge in [-0.05, 0) is 36.5 Å². The third-order valence-electron chi connectivity index (χ3n) is 3.87. The summed E-state index contributed by atoms with van der Waals surface area (Å²) in [5, 5.41) is 10.0. The molecule has 0 amide bonds. The molecule has 0 spiro atoms. The minimum atomic E-state index is -0.676. The van der Waals surface area contributed by atoms with Gasteiger partial charge < -0.3 is 19.3 Å². The Morgan fingerprint density at radius 1 is 0.875 bits per heavy atom. The third kappa shape index (κ3) is 5.55. The van der Waals surface area contributed by atoms with E-state index in [1.807, 2.05) is 54.6 Å². The van der Waals surface area contributed by atoms with Crippen molar-refractivity contribution in [3.05, 3.63) is 60.2 Å². The van der Waals surface area contributed by atoms with Crippen LogP contribution < -0.4 is 9.47 Å². The summed E-state index contributed by atoms with van der Waals surface area (Å²) in [6.45, 7) is 1.64. The molecule has 4 heteroatoms. The Morgan fingerprint density at radius 3 is 2.25 bits per heavy atom. The molecule has 2 aromatic carbocycles. The van der Waals surface area contributed by atoms with Crippen molar-refractivity contribution >= 4 is 0 Å². The fourth-order valence-electron chi connectivity index (χ4n) is 2.30. The van der Waals surface area contributed by atoms with Crippen LogP contribution in [-0.2, 0) is 11.3 Å². The maximum atomic E-state index is 10.0. The second kappa shape index (κ2) is 8.71. The number of ether oxygens (including phenoxy) is 3. The number of hydrogen-bond acceptors (Lipinski definition) is 4.